The average molecular weight is 303 g/mol. The third-order valence-electron chi connectivity index (χ3n) is 4.38. The molecule has 2 fully saturated rings. The lowest BCUT2D eigenvalue weighted by Gasteiger charge is -2.22. The van der Waals surface area contributed by atoms with Gasteiger partial charge in [0, 0.05) is 18.8 Å². The summed E-state index contributed by atoms with van der Waals surface area (Å²) in [4.78, 5) is 14.6. The minimum absolute atomic E-state index is 0.0236. The normalized spacial score (nSPS) is 22.6. The molecule has 1 unspecified atom stereocenters. The Morgan fingerprint density at radius 3 is 2.73 bits per heavy atom. The molecule has 0 bridgehead atoms. The maximum Gasteiger partial charge on any atom is 0.243 e. The Kier molecular flexibility index (Phi) is 5.43. The van der Waals surface area contributed by atoms with Crippen LogP contribution in [0, 0.1) is 0 Å². The second-order valence-electron chi connectivity index (χ2n) is 6.07. The summed E-state index contributed by atoms with van der Waals surface area (Å²) in [6.45, 7) is 5.47. The first-order chi connectivity index (χ1) is 10.8. The highest BCUT2D eigenvalue weighted by Gasteiger charge is 2.21. The number of anilines is 1. The zero-order chi connectivity index (χ0) is 15.2. The van der Waals surface area contributed by atoms with Crippen molar-refractivity contribution in [3.8, 4) is 0 Å². The predicted molar refractivity (Wildman–Crippen MR) is 87.1 cm³/mol. The van der Waals surface area contributed by atoms with Gasteiger partial charge < -0.3 is 20.3 Å². The summed E-state index contributed by atoms with van der Waals surface area (Å²) in [5, 5.41) is 6.10. The average Bonchev–Trinajstić information content (AvgIpc) is 3.08. The molecule has 2 heterocycles. The molecule has 2 N–H and O–H groups in total. The van der Waals surface area contributed by atoms with E-state index in [-0.39, 0.29) is 11.9 Å². The van der Waals surface area contributed by atoms with Crippen molar-refractivity contribution in [2.75, 3.05) is 44.7 Å². The number of benzene rings is 1. The third kappa shape index (κ3) is 4.29. The predicted octanol–water partition coefficient (Wildman–Crippen LogP) is 1.25. The van der Waals surface area contributed by atoms with Crippen LogP contribution in [0.5, 0.6) is 0 Å². The van der Waals surface area contributed by atoms with Gasteiger partial charge in [-0.05, 0) is 50.0 Å². The van der Waals surface area contributed by atoms with E-state index in [1.165, 1.54) is 31.5 Å². The van der Waals surface area contributed by atoms with Gasteiger partial charge in [-0.1, -0.05) is 12.1 Å². The highest BCUT2D eigenvalue weighted by Crippen LogP contribution is 2.13. The summed E-state index contributed by atoms with van der Waals surface area (Å²) in [6.07, 6.45) is 3.75. The number of likely N-dealkylation sites (tertiary alicyclic amines) is 1. The second-order valence-corrected chi connectivity index (χ2v) is 6.07. The van der Waals surface area contributed by atoms with Crippen LogP contribution >= 0.6 is 0 Å². The highest BCUT2D eigenvalue weighted by molar-refractivity contribution is 5.95. The number of carbonyl (C=O) groups excluding carboxylic acids is 1. The van der Waals surface area contributed by atoms with Crippen molar-refractivity contribution in [1.82, 2.24) is 10.2 Å². The Balaban J connectivity index is 1.47. The summed E-state index contributed by atoms with van der Waals surface area (Å²) in [7, 11) is 0. The van der Waals surface area contributed by atoms with Gasteiger partial charge in [-0.2, -0.15) is 0 Å². The summed E-state index contributed by atoms with van der Waals surface area (Å²) >= 11 is 0. The van der Waals surface area contributed by atoms with Gasteiger partial charge in [0.25, 0.3) is 0 Å². The van der Waals surface area contributed by atoms with Crippen LogP contribution in [-0.4, -0.2) is 56.2 Å². The van der Waals surface area contributed by atoms with Gasteiger partial charge in [-0.25, -0.2) is 0 Å². The van der Waals surface area contributed by atoms with Crippen LogP contribution in [0.15, 0.2) is 24.3 Å². The molecular weight excluding hydrogens is 278 g/mol. The van der Waals surface area contributed by atoms with Crippen molar-refractivity contribution in [2.24, 2.45) is 0 Å². The van der Waals surface area contributed by atoms with E-state index in [9.17, 15) is 4.79 Å². The van der Waals surface area contributed by atoms with E-state index in [4.69, 9.17) is 4.74 Å². The fourth-order valence-corrected chi connectivity index (χ4v) is 3.01. The standard InChI is InChI=1S/C17H25N3O2/c21-17(16-13-22-12-8-18-16)19-15-5-3-14(4-6-15)7-11-20-9-1-2-10-20/h3-6,16,18H,1-2,7-13H2,(H,19,21). The zero-order valence-corrected chi connectivity index (χ0v) is 13.0. The van der Waals surface area contributed by atoms with Crippen molar-refractivity contribution < 1.29 is 9.53 Å². The lowest BCUT2D eigenvalue weighted by atomic mass is 10.1. The summed E-state index contributed by atoms with van der Waals surface area (Å²) in [6, 6.07) is 7.94. The Morgan fingerprint density at radius 1 is 1.27 bits per heavy atom. The molecule has 2 aliphatic heterocycles. The van der Waals surface area contributed by atoms with E-state index in [0.717, 1.165) is 25.2 Å². The monoisotopic (exact) mass is 303 g/mol. The number of morpholine rings is 1. The number of amides is 1. The van der Waals surface area contributed by atoms with Crippen molar-refractivity contribution >= 4 is 11.6 Å². The number of hydrogen-bond donors (Lipinski definition) is 2. The van der Waals surface area contributed by atoms with Crippen LogP contribution in [0.25, 0.3) is 0 Å². The van der Waals surface area contributed by atoms with Gasteiger partial charge in [-0.3, -0.25) is 4.79 Å². The van der Waals surface area contributed by atoms with Gasteiger partial charge in [0.2, 0.25) is 5.91 Å². The van der Waals surface area contributed by atoms with Crippen LogP contribution < -0.4 is 10.6 Å². The molecule has 2 saturated heterocycles. The third-order valence-corrected chi connectivity index (χ3v) is 4.38. The molecule has 0 saturated carbocycles. The molecule has 120 valence electrons. The van der Waals surface area contributed by atoms with Gasteiger partial charge in [0.1, 0.15) is 6.04 Å². The molecule has 0 radical (unpaired) electrons. The second kappa shape index (κ2) is 7.72. The number of nitrogens with one attached hydrogen (secondary N) is 2. The van der Waals surface area contributed by atoms with E-state index in [2.05, 4.69) is 27.7 Å². The van der Waals surface area contributed by atoms with E-state index in [0.29, 0.717) is 13.2 Å². The number of carbonyl (C=O) groups is 1. The largest absolute Gasteiger partial charge is 0.378 e. The SMILES string of the molecule is O=C(Nc1ccc(CCN2CCCC2)cc1)C1COCCN1. The van der Waals surface area contributed by atoms with Gasteiger partial charge in [0.05, 0.1) is 13.2 Å². The topological polar surface area (TPSA) is 53.6 Å². The number of hydrogen-bond acceptors (Lipinski definition) is 4. The smallest absolute Gasteiger partial charge is 0.243 e. The Bertz CT molecular complexity index is 477. The summed E-state index contributed by atoms with van der Waals surface area (Å²) in [5.41, 5.74) is 2.17. The first-order valence-electron chi connectivity index (χ1n) is 8.24. The summed E-state index contributed by atoms with van der Waals surface area (Å²) < 4.78 is 5.31. The minimum atomic E-state index is -0.247. The molecule has 1 amide bonds. The van der Waals surface area contributed by atoms with E-state index < -0.39 is 0 Å². The Hall–Kier alpha value is -1.43. The maximum absolute atomic E-state index is 12.1. The van der Waals surface area contributed by atoms with Gasteiger partial charge in [-0.15, -0.1) is 0 Å². The van der Waals surface area contributed by atoms with Crippen LogP contribution in [0.1, 0.15) is 18.4 Å². The molecule has 1 aromatic rings. The molecule has 1 aromatic carbocycles. The molecule has 5 heteroatoms. The fraction of sp³-hybridized carbons (Fsp3) is 0.588. The van der Waals surface area contributed by atoms with E-state index in [1.807, 2.05) is 12.1 Å². The molecule has 0 aliphatic carbocycles. The first-order valence-corrected chi connectivity index (χ1v) is 8.24. The highest BCUT2D eigenvalue weighted by atomic mass is 16.5. The fourth-order valence-electron chi connectivity index (χ4n) is 3.01. The molecule has 3 rings (SSSR count). The quantitative estimate of drug-likeness (QED) is 0.860. The molecule has 0 aromatic heterocycles. The lowest BCUT2D eigenvalue weighted by molar-refractivity contribution is -0.120. The first kappa shape index (κ1) is 15.5. The maximum atomic E-state index is 12.1. The van der Waals surface area contributed by atoms with Crippen molar-refractivity contribution in [2.45, 2.75) is 25.3 Å². The van der Waals surface area contributed by atoms with E-state index in [1.54, 1.807) is 0 Å². The lowest BCUT2D eigenvalue weighted by Crippen LogP contribution is -2.48. The van der Waals surface area contributed by atoms with Crippen LogP contribution in [0.4, 0.5) is 5.69 Å². The van der Waals surface area contributed by atoms with Crippen LogP contribution in [0.3, 0.4) is 0 Å². The van der Waals surface area contributed by atoms with Crippen LogP contribution in [0.2, 0.25) is 0 Å². The minimum Gasteiger partial charge on any atom is -0.378 e. The molecular formula is C17H25N3O2. The van der Waals surface area contributed by atoms with Crippen LogP contribution in [-0.2, 0) is 16.0 Å². The summed E-state index contributed by atoms with van der Waals surface area (Å²) in [5.74, 6) is -0.0236. The van der Waals surface area contributed by atoms with Gasteiger partial charge in [0.15, 0.2) is 0 Å². The Morgan fingerprint density at radius 2 is 2.05 bits per heavy atom. The van der Waals surface area contributed by atoms with E-state index >= 15 is 0 Å². The zero-order valence-electron chi connectivity index (χ0n) is 13.0. The Labute approximate surface area is 132 Å². The number of nitrogens with zero attached hydrogens (tertiary/aromatic N) is 1. The van der Waals surface area contributed by atoms with Gasteiger partial charge >= 0.3 is 0 Å². The molecule has 0 spiro atoms. The molecule has 22 heavy (non-hydrogen) atoms. The van der Waals surface area contributed by atoms with Crippen molar-refractivity contribution in [1.29, 1.82) is 0 Å². The molecule has 5 nitrogen and oxygen atoms in total. The number of ether oxygens (including phenoxy) is 1. The molecule has 1 atom stereocenters. The molecule has 2 aliphatic rings. The van der Waals surface area contributed by atoms with Crippen molar-refractivity contribution in [3.05, 3.63) is 29.8 Å². The van der Waals surface area contributed by atoms with Crippen molar-refractivity contribution in [3.63, 3.8) is 0 Å². The number of rotatable bonds is 5.